The van der Waals surface area contributed by atoms with E-state index in [-0.39, 0.29) is 24.0 Å². The van der Waals surface area contributed by atoms with E-state index in [2.05, 4.69) is 17.6 Å². The molecule has 3 unspecified atom stereocenters. The summed E-state index contributed by atoms with van der Waals surface area (Å²) in [6.45, 7) is 6.30. The van der Waals surface area contributed by atoms with Gasteiger partial charge in [0.2, 0.25) is 0 Å². The third-order valence-corrected chi connectivity index (χ3v) is 6.90. The summed E-state index contributed by atoms with van der Waals surface area (Å²) < 4.78 is 6.41. The standard InChI is InChI=1S/C22H26ClN3O3S/c1-3-29-18-12-26(11-17(18)25-21(27)19-6-7-20(23)30-19)22(28)14-4-5-15-10-24-13(2)8-16(15)9-14/h4-7,9,13,17-18,24H,3,8,10-12H2,1-2H3,(H,25,27). The molecule has 3 atom stereocenters. The molecular weight excluding hydrogens is 422 g/mol. The van der Waals surface area contributed by atoms with Crippen molar-refractivity contribution in [3.8, 4) is 0 Å². The molecule has 6 nitrogen and oxygen atoms in total. The molecule has 8 heteroatoms. The summed E-state index contributed by atoms with van der Waals surface area (Å²) in [7, 11) is 0. The molecule has 3 heterocycles. The zero-order valence-electron chi connectivity index (χ0n) is 17.1. The van der Waals surface area contributed by atoms with Crippen LogP contribution in [0.1, 0.15) is 45.0 Å². The number of amides is 2. The Morgan fingerprint density at radius 2 is 2.10 bits per heavy atom. The highest BCUT2D eigenvalue weighted by atomic mass is 35.5. The second-order valence-electron chi connectivity index (χ2n) is 7.86. The zero-order chi connectivity index (χ0) is 21.3. The molecule has 0 radical (unpaired) electrons. The van der Waals surface area contributed by atoms with E-state index in [1.165, 1.54) is 22.5 Å². The summed E-state index contributed by atoms with van der Waals surface area (Å²) in [5.41, 5.74) is 3.17. The third kappa shape index (κ3) is 4.54. The number of nitrogens with one attached hydrogen (secondary N) is 2. The third-order valence-electron chi connectivity index (χ3n) is 5.67. The monoisotopic (exact) mass is 447 g/mol. The van der Waals surface area contributed by atoms with Gasteiger partial charge >= 0.3 is 0 Å². The van der Waals surface area contributed by atoms with Gasteiger partial charge in [-0.2, -0.15) is 0 Å². The summed E-state index contributed by atoms with van der Waals surface area (Å²) in [5.74, 6) is -0.212. The van der Waals surface area contributed by atoms with Gasteiger partial charge in [-0.15, -0.1) is 11.3 Å². The SMILES string of the molecule is CCOC1CN(C(=O)c2ccc3c(c2)CC(C)NC3)CC1NC(=O)c1ccc(Cl)s1. The van der Waals surface area contributed by atoms with Gasteiger partial charge in [0.05, 0.1) is 21.4 Å². The quantitative estimate of drug-likeness (QED) is 0.738. The van der Waals surface area contributed by atoms with Crippen molar-refractivity contribution >= 4 is 34.8 Å². The van der Waals surface area contributed by atoms with Gasteiger partial charge in [-0.05, 0) is 55.7 Å². The van der Waals surface area contributed by atoms with Crippen LogP contribution in [0, 0.1) is 0 Å². The molecule has 1 fully saturated rings. The fourth-order valence-electron chi connectivity index (χ4n) is 4.13. The number of hydrogen-bond donors (Lipinski definition) is 2. The minimum absolute atomic E-state index is 0.0235. The molecule has 2 N–H and O–H groups in total. The molecule has 2 amide bonds. The largest absolute Gasteiger partial charge is 0.374 e. The molecule has 160 valence electrons. The van der Waals surface area contributed by atoms with Crippen molar-refractivity contribution in [1.82, 2.24) is 15.5 Å². The van der Waals surface area contributed by atoms with Crippen LogP contribution in [0.5, 0.6) is 0 Å². The number of carbonyl (C=O) groups is 2. The van der Waals surface area contributed by atoms with Gasteiger partial charge in [-0.3, -0.25) is 9.59 Å². The van der Waals surface area contributed by atoms with Gasteiger partial charge in [0.15, 0.2) is 0 Å². The Kier molecular flexibility index (Phi) is 6.43. The number of carbonyl (C=O) groups excluding carboxylic acids is 2. The number of halogens is 1. The maximum absolute atomic E-state index is 13.2. The van der Waals surface area contributed by atoms with Crippen LogP contribution in [0.25, 0.3) is 0 Å². The lowest BCUT2D eigenvalue weighted by Crippen LogP contribution is -2.43. The highest BCUT2D eigenvalue weighted by Gasteiger charge is 2.37. The Labute approximate surface area is 185 Å². The first-order chi connectivity index (χ1) is 14.4. The van der Waals surface area contributed by atoms with E-state index in [0.29, 0.717) is 40.5 Å². The van der Waals surface area contributed by atoms with Crippen molar-refractivity contribution < 1.29 is 14.3 Å². The number of likely N-dealkylation sites (tertiary alicyclic amines) is 1. The lowest BCUT2D eigenvalue weighted by Gasteiger charge is -2.24. The number of nitrogens with zero attached hydrogens (tertiary/aromatic N) is 1. The molecule has 0 saturated carbocycles. The molecular formula is C22H26ClN3O3S. The van der Waals surface area contributed by atoms with Gasteiger partial charge in [0, 0.05) is 37.8 Å². The van der Waals surface area contributed by atoms with Crippen LogP contribution in [-0.2, 0) is 17.7 Å². The van der Waals surface area contributed by atoms with E-state index in [4.69, 9.17) is 16.3 Å². The van der Waals surface area contributed by atoms with Crippen LogP contribution in [-0.4, -0.2) is 54.6 Å². The Bertz CT molecular complexity index is 947. The van der Waals surface area contributed by atoms with Crippen molar-refractivity contribution in [2.75, 3.05) is 19.7 Å². The second-order valence-corrected chi connectivity index (χ2v) is 9.57. The zero-order valence-corrected chi connectivity index (χ0v) is 18.7. The first-order valence-corrected chi connectivity index (χ1v) is 11.5. The summed E-state index contributed by atoms with van der Waals surface area (Å²) in [6, 6.07) is 9.51. The lowest BCUT2D eigenvalue weighted by atomic mass is 9.94. The maximum Gasteiger partial charge on any atom is 0.261 e. The van der Waals surface area contributed by atoms with E-state index in [9.17, 15) is 9.59 Å². The van der Waals surface area contributed by atoms with Crippen LogP contribution in [0.3, 0.4) is 0 Å². The predicted octanol–water partition coefficient (Wildman–Crippen LogP) is 3.10. The first-order valence-electron chi connectivity index (χ1n) is 10.3. The number of hydrogen-bond acceptors (Lipinski definition) is 5. The van der Waals surface area contributed by atoms with Gasteiger partial charge in [0.25, 0.3) is 11.8 Å². The summed E-state index contributed by atoms with van der Waals surface area (Å²) in [5, 5.41) is 6.46. The Hall–Kier alpha value is -1.93. The first kappa shape index (κ1) is 21.3. The summed E-state index contributed by atoms with van der Waals surface area (Å²) in [4.78, 5) is 28.1. The van der Waals surface area contributed by atoms with Crippen molar-refractivity contribution in [3.05, 3.63) is 56.2 Å². The number of ether oxygens (including phenoxy) is 1. The Morgan fingerprint density at radius 3 is 2.83 bits per heavy atom. The average molecular weight is 448 g/mol. The number of rotatable bonds is 5. The smallest absolute Gasteiger partial charge is 0.261 e. The van der Waals surface area contributed by atoms with E-state index in [1.807, 2.05) is 25.1 Å². The lowest BCUT2D eigenvalue weighted by molar-refractivity contribution is 0.0482. The second kappa shape index (κ2) is 9.06. The van der Waals surface area contributed by atoms with Crippen LogP contribution >= 0.6 is 22.9 Å². The molecule has 2 aliphatic rings. The molecule has 2 aliphatic heterocycles. The van der Waals surface area contributed by atoms with Crippen molar-refractivity contribution in [2.45, 2.75) is 45.0 Å². The van der Waals surface area contributed by atoms with Crippen molar-refractivity contribution in [1.29, 1.82) is 0 Å². The van der Waals surface area contributed by atoms with E-state index in [1.54, 1.807) is 17.0 Å². The van der Waals surface area contributed by atoms with Crippen LogP contribution in [0.15, 0.2) is 30.3 Å². The predicted molar refractivity (Wildman–Crippen MR) is 118 cm³/mol. The fourth-order valence-corrected chi connectivity index (χ4v) is 5.07. The van der Waals surface area contributed by atoms with Gasteiger partial charge in [0.1, 0.15) is 0 Å². The van der Waals surface area contributed by atoms with Gasteiger partial charge in [-0.1, -0.05) is 17.7 Å². The minimum atomic E-state index is -0.260. The molecule has 30 heavy (non-hydrogen) atoms. The van der Waals surface area contributed by atoms with Crippen molar-refractivity contribution in [2.24, 2.45) is 0 Å². The Morgan fingerprint density at radius 1 is 1.27 bits per heavy atom. The topological polar surface area (TPSA) is 70.7 Å². The van der Waals surface area contributed by atoms with Gasteiger partial charge in [-0.25, -0.2) is 0 Å². The van der Waals surface area contributed by atoms with Crippen LogP contribution < -0.4 is 10.6 Å². The van der Waals surface area contributed by atoms with E-state index in [0.717, 1.165) is 13.0 Å². The normalized spacial score (nSPS) is 23.3. The molecule has 1 saturated heterocycles. The number of thiophene rings is 1. The fraction of sp³-hybridized carbons (Fsp3) is 0.455. The summed E-state index contributed by atoms with van der Waals surface area (Å²) in [6.07, 6.45) is 0.681. The molecule has 0 aliphatic carbocycles. The van der Waals surface area contributed by atoms with E-state index < -0.39 is 0 Å². The highest BCUT2D eigenvalue weighted by Crippen LogP contribution is 2.24. The van der Waals surface area contributed by atoms with E-state index >= 15 is 0 Å². The minimum Gasteiger partial charge on any atom is -0.374 e. The molecule has 4 rings (SSSR count). The number of fused-ring (bicyclic) bond motifs is 1. The molecule has 1 aromatic carbocycles. The molecule has 2 aromatic rings. The van der Waals surface area contributed by atoms with Crippen LogP contribution in [0.2, 0.25) is 4.34 Å². The summed E-state index contributed by atoms with van der Waals surface area (Å²) >= 11 is 7.19. The molecule has 1 aromatic heterocycles. The molecule has 0 spiro atoms. The van der Waals surface area contributed by atoms with Crippen molar-refractivity contribution in [3.63, 3.8) is 0 Å². The van der Waals surface area contributed by atoms with Gasteiger partial charge < -0.3 is 20.3 Å². The van der Waals surface area contributed by atoms with Crippen LogP contribution in [0.4, 0.5) is 0 Å². The molecule has 0 bridgehead atoms. The Balaban J connectivity index is 1.47. The highest BCUT2D eigenvalue weighted by molar-refractivity contribution is 7.18. The average Bonchev–Trinajstić information content (AvgIpc) is 3.33. The maximum atomic E-state index is 13.2. The number of benzene rings is 1.